The van der Waals surface area contributed by atoms with Gasteiger partial charge in [0.25, 0.3) is 0 Å². The molecule has 0 aromatic carbocycles. The fraction of sp³-hybridized carbons (Fsp3) is 0.222. The van der Waals surface area contributed by atoms with Gasteiger partial charge >= 0.3 is 0 Å². The second-order valence-electron chi connectivity index (χ2n) is 2.86. The number of thiazole rings is 1. The molecule has 0 saturated carbocycles. The van der Waals surface area contributed by atoms with Crippen LogP contribution in [0.3, 0.4) is 0 Å². The molecule has 13 heavy (non-hydrogen) atoms. The molecule has 0 spiro atoms. The number of allylic oxidation sites excluding steroid dienone is 2. The molecular formula is C9H7NO2S. The standard InChI is InChI=1S/C9H7NO2S/c1-2-8-6(3-11-5-12-8)9-7(1)10-4-13-9/h2-4H,1,5H2. The monoisotopic (exact) mass is 193 g/mol. The van der Waals surface area contributed by atoms with Gasteiger partial charge < -0.3 is 9.47 Å². The lowest BCUT2D eigenvalue weighted by atomic mass is 10.0. The Kier molecular flexibility index (Phi) is 1.43. The molecule has 0 amide bonds. The van der Waals surface area contributed by atoms with Crippen molar-refractivity contribution in [3.05, 3.63) is 34.2 Å². The maximum Gasteiger partial charge on any atom is 0.230 e. The average Bonchev–Trinajstić information content (AvgIpc) is 2.65. The zero-order chi connectivity index (χ0) is 8.67. The lowest BCUT2D eigenvalue weighted by Crippen LogP contribution is -2.09. The first-order chi connectivity index (χ1) is 6.45. The summed E-state index contributed by atoms with van der Waals surface area (Å²) in [5, 5.41) is 0. The van der Waals surface area contributed by atoms with Crippen molar-refractivity contribution >= 4 is 16.9 Å². The van der Waals surface area contributed by atoms with E-state index in [0.717, 1.165) is 23.4 Å². The Hall–Kier alpha value is -1.29. The summed E-state index contributed by atoms with van der Waals surface area (Å²) in [4.78, 5) is 5.45. The summed E-state index contributed by atoms with van der Waals surface area (Å²) in [5.41, 5.74) is 4.01. The quantitative estimate of drug-likeness (QED) is 0.631. The topological polar surface area (TPSA) is 31.4 Å². The number of hydrogen-bond donors (Lipinski definition) is 0. The predicted molar refractivity (Wildman–Crippen MR) is 48.9 cm³/mol. The summed E-state index contributed by atoms with van der Waals surface area (Å²) < 4.78 is 10.5. The average molecular weight is 193 g/mol. The molecule has 0 radical (unpaired) electrons. The van der Waals surface area contributed by atoms with E-state index < -0.39 is 0 Å². The van der Waals surface area contributed by atoms with Gasteiger partial charge in [-0.25, -0.2) is 4.98 Å². The van der Waals surface area contributed by atoms with Crippen molar-refractivity contribution in [2.24, 2.45) is 0 Å². The van der Waals surface area contributed by atoms with Gasteiger partial charge in [0.05, 0.1) is 27.9 Å². The molecule has 0 atom stereocenters. The largest absolute Gasteiger partial charge is 0.464 e. The Morgan fingerprint density at radius 1 is 1.46 bits per heavy atom. The lowest BCUT2D eigenvalue weighted by molar-refractivity contribution is 0.0231. The fourth-order valence-electron chi connectivity index (χ4n) is 1.51. The van der Waals surface area contributed by atoms with Crippen LogP contribution in [-0.2, 0) is 15.9 Å². The molecule has 0 N–H and O–H groups in total. The van der Waals surface area contributed by atoms with Crippen LogP contribution in [0.5, 0.6) is 0 Å². The highest BCUT2D eigenvalue weighted by molar-refractivity contribution is 7.11. The van der Waals surface area contributed by atoms with E-state index in [0.29, 0.717) is 6.79 Å². The maximum absolute atomic E-state index is 5.36. The Morgan fingerprint density at radius 2 is 2.46 bits per heavy atom. The molecule has 1 aromatic heterocycles. The Morgan fingerprint density at radius 3 is 3.46 bits per heavy atom. The van der Waals surface area contributed by atoms with E-state index in [9.17, 15) is 0 Å². The van der Waals surface area contributed by atoms with E-state index in [1.165, 1.54) is 4.88 Å². The summed E-state index contributed by atoms with van der Waals surface area (Å²) in [6, 6.07) is 0. The molecule has 66 valence electrons. The molecule has 0 unspecified atom stereocenters. The molecule has 3 rings (SSSR count). The van der Waals surface area contributed by atoms with Crippen molar-refractivity contribution in [2.45, 2.75) is 6.42 Å². The molecule has 0 fully saturated rings. The van der Waals surface area contributed by atoms with Gasteiger partial charge in [-0.05, 0) is 6.08 Å². The van der Waals surface area contributed by atoms with E-state index in [1.807, 2.05) is 5.51 Å². The maximum atomic E-state index is 5.36. The second-order valence-corrected chi connectivity index (χ2v) is 3.72. The van der Waals surface area contributed by atoms with E-state index >= 15 is 0 Å². The predicted octanol–water partition coefficient (Wildman–Crippen LogP) is 1.93. The van der Waals surface area contributed by atoms with Crippen molar-refractivity contribution in [2.75, 3.05) is 6.79 Å². The van der Waals surface area contributed by atoms with Crippen LogP contribution in [0.2, 0.25) is 0 Å². The highest BCUT2D eigenvalue weighted by Crippen LogP contribution is 2.35. The third-order valence-electron chi connectivity index (χ3n) is 2.12. The van der Waals surface area contributed by atoms with Crippen LogP contribution in [0.15, 0.2) is 23.6 Å². The zero-order valence-electron chi connectivity index (χ0n) is 6.82. The van der Waals surface area contributed by atoms with Crippen LogP contribution in [0.1, 0.15) is 10.6 Å². The third kappa shape index (κ3) is 0.986. The minimum atomic E-state index is 0.323. The number of rotatable bonds is 0. The van der Waals surface area contributed by atoms with Gasteiger partial charge in [0.15, 0.2) is 0 Å². The molecule has 4 heteroatoms. The van der Waals surface area contributed by atoms with Crippen LogP contribution in [-0.4, -0.2) is 11.8 Å². The Bertz CT molecular complexity index is 406. The van der Waals surface area contributed by atoms with E-state index in [1.54, 1.807) is 17.6 Å². The minimum absolute atomic E-state index is 0.323. The van der Waals surface area contributed by atoms with Crippen molar-refractivity contribution in [3.8, 4) is 0 Å². The van der Waals surface area contributed by atoms with Gasteiger partial charge in [0.1, 0.15) is 5.76 Å². The first-order valence-corrected chi connectivity index (χ1v) is 4.91. The Balaban J connectivity index is 2.17. The number of ether oxygens (including phenoxy) is 2. The van der Waals surface area contributed by atoms with E-state index in [2.05, 4.69) is 11.1 Å². The SMILES string of the molecule is C1=C2OCOC=C2c2scnc2C1. The molecule has 2 aliphatic rings. The smallest absolute Gasteiger partial charge is 0.230 e. The summed E-state index contributed by atoms with van der Waals surface area (Å²) in [6.07, 6.45) is 4.67. The van der Waals surface area contributed by atoms with Gasteiger partial charge in [-0.2, -0.15) is 0 Å². The second kappa shape index (κ2) is 2.60. The van der Waals surface area contributed by atoms with Crippen molar-refractivity contribution in [3.63, 3.8) is 0 Å². The molecule has 0 bridgehead atoms. The highest BCUT2D eigenvalue weighted by atomic mass is 32.1. The van der Waals surface area contributed by atoms with Crippen LogP contribution in [0.4, 0.5) is 0 Å². The highest BCUT2D eigenvalue weighted by Gasteiger charge is 2.23. The number of fused-ring (bicyclic) bond motifs is 3. The number of aromatic nitrogens is 1. The summed E-state index contributed by atoms with van der Waals surface area (Å²) in [7, 11) is 0. The van der Waals surface area contributed by atoms with Gasteiger partial charge in [-0.1, -0.05) is 0 Å². The van der Waals surface area contributed by atoms with Crippen molar-refractivity contribution < 1.29 is 9.47 Å². The normalized spacial score (nSPS) is 18.8. The van der Waals surface area contributed by atoms with Gasteiger partial charge in [-0.3, -0.25) is 0 Å². The summed E-state index contributed by atoms with van der Waals surface area (Å²) in [6.45, 7) is 0.323. The molecule has 0 saturated heterocycles. The van der Waals surface area contributed by atoms with Crippen LogP contribution < -0.4 is 0 Å². The lowest BCUT2D eigenvalue weighted by Gasteiger charge is -2.21. The van der Waals surface area contributed by atoms with Gasteiger partial charge in [0.2, 0.25) is 6.79 Å². The van der Waals surface area contributed by atoms with Gasteiger partial charge in [0, 0.05) is 6.42 Å². The Labute approximate surface area is 79.3 Å². The van der Waals surface area contributed by atoms with Crippen molar-refractivity contribution in [1.29, 1.82) is 0 Å². The molecule has 1 aliphatic heterocycles. The van der Waals surface area contributed by atoms with Crippen LogP contribution in [0, 0.1) is 0 Å². The summed E-state index contributed by atoms with van der Waals surface area (Å²) >= 11 is 1.63. The zero-order valence-corrected chi connectivity index (χ0v) is 7.63. The molecule has 2 heterocycles. The third-order valence-corrected chi connectivity index (χ3v) is 3.02. The van der Waals surface area contributed by atoms with E-state index in [4.69, 9.17) is 9.47 Å². The summed E-state index contributed by atoms with van der Waals surface area (Å²) in [5.74, 6) is 0.933. The van der Waals surface area contributed by atoms with Crippen molar-refractivity contribution in [1.82, 2.24) is 4.98 Å². The van der Waals surface area contributed by atoms with Crippen LogP contribution in [0.25, 0.3) is 5.57 Å². The number of nitrogens with zero attached hydrogens (tertiary/aromatic N) is 1. The van der Waals surface area contributed by atoms with E-state index in [-0.39, 0.29) is 0 Å². The molecule has 1 aromatic rings. The molecule has 3 nitrogen and oxygen atoms in total. The fourth-order valence-corrected chi connectivity index (χ4v) is 2.34. The first-order valence-electron chi connectivity index (χ1n) is 4.03. The first kappa shape index (κ1) is 7.15. The molecular weight excluding hydrogens is 186 g/mol. The molecule has 1 aliphatic carbocycles. The van der Waals surface area contributed by atoms with Crippen LogP contribution >= 0.6 is 11.3 Å². The minimum Gasteiger partial charge on any atom is -0.464 e. The van der Waals surface area contributed by atoms with Gasteiger partial charge in [-0.15, -0.1) is 11.3 Å². The number of hydrogen-bond acceptors (Lipinski definition) is 4.